The van der Waals surface area contributed by atoms with Gasteiger partial charge in [0.05, 0.1) is 12.5 Å². The zero-order valence-electron chi connectivity index (χ0n) is 15.8. The fourth-order valence-electron chi connectivity index (χ4n) is 3.37. The maximum absolute atomic E-state index is 12.1. The molecule has 0 N–H and O–H groups in total. The summed E-state index contributed by atoms with van der Waals surface area (Å²) < 4.78 is 9.87. The second-order valence-corrected chi connectivity index (χ2v) is 6.32. The summed E-state index contributed by atoms with van der Waals surface area (Å²) in [6.45, 7) is 22.2. The van der Waals surface area contributed by atoms with Crippen LogP contribution in [0.4, 0.5) is 0 Å². The molecule has 142 valence electrons. The Bertz CT molecular complexity index is 727. The van der Waals surface area contributed by atoms with Crippen LogP contribution in [0.3, 0.4) is 0 Å². The van der Waals surface area contributed by atoms with E-state index < -0.39 is 11.6 Å². The highest BCUT2D eigenvalue weighted by Crippen LogP contribution is 2.45. The molecule has 0 bridgehead atoms. The fraction of sp³-hybridized carbons (Fsp3) is 0.571. The molecule has 0 aromatic carbocycles. The monoisotopic (exact) mass is 368 g/mol. The Morgan fingerprint density at radius 1 is 1.26 bits per heavy atom. The predicted molar refractivity (Wildman–Crippen MR) is 99.6 cm³/mol. The van der Waals surface area contributed by atoms with Crippen LogP contribution >= 0.6 is 0 Å². The van der Waals surface area contributed by atoms with Crippen molar-refractivity contribution in [3.63, 3.8) is 0 Å². The molecule has 0 aromatic rings. The lowest BCUT2D eigenvalue weighted by Crippen LogP contribution is -2.41. The van der Waals surface area contributed by atoms with Crippen LogP contribution in [0.25, 0.3) is 9.69 Å². The lowest BCUT2D eigenvalue weighted by atomic mass is 9.68. The molecule has 0 aromatic heterocycles. The summed E-state index contributed by atoms with van der Waals surface area (Å²) in [7, 11) is 0. The van der Waals surface area contributed by atoms with Crippen molar-refractivity contribution in [2.45, 2.75) is 45.2 Å². The number of allylic oxidation sites excluding steroid dienone is 1. The van der Waals surface area contributed by atoms with Gasteiger partial charge in [0.15, 0.2) is 13.0 Å². The summed E-state index contributed by atoms with van der Waals surface area (Å²) in [5, 5.41) is 0. The van der Waals surface area contributed by atoms with Crippen molar-refractivity contribution in [1.29, 1.82) is 0 Å². The molecule has 1 aliphatic carbocycles. The highest BCUT2D eigenvalue weighted by atomic mass is 16.5. The van der Waals surface area contributed by atoms with Crippen LogP contribution in [0, 0.1) is 42.7 Å². The number of carbonyl (C=O) groups excluding carboxylic acids is 2. The van der Waals surface area contributed by atoms with E-state index >= 15 is 0 Å². The lowest BCUT2D eigenvalue weighted by Gasteiger charge is -2.33. The molecule has 1 saturated carbocycles. The number of esters is 2. The number of nitrogens with zero attached hydrogens (tertiary/aromatic N) is 2. The molecule has 6 heteroatoms. The van der Waals surface area contributed by atoms with Gasteiger partial charge >= 0.3 is 17.6 Å². The van der Waals surface area contributed by atoms with Crippen molar-refractivity contribution in [3.8, 4) is 11.8 Å². The first-order valence-corrected chi connectivity index (χ1v) is 8.83. The van der Waals surface area contributed by atoms with Gasteiger partial charge in [-0.1, -0.05) is 18.4 Å². The zero-order chi connectivity index (χ0) is 20.3. The van der Waals surface area contributed by atoms with E-state index in [9.17, 15) is 9.59 Å². The Morgan fingerprint density at radius 2 is 1.96 bits per heavy atom. The number of ether oxygens (including phenoxy) is 2. The average Bonchev–Trinajstić information content (AvgIpc) is 2.65. The first kappa shape index (κ1) is 22.0. The van der Waals surface area contributed by atoms with Gasteiger partial charge in [0.2, 0.25) is 0 Å². The van der Waals surface area contributed by atoms with E-state index in [0.717, 1.165) is 0 Å². The Balaban J connectivity index is 3.00. The first-order chi connectivity index (χ1) is 12.9. The van der Waals surface area contributed by atoms with Crippen molar-refractivity contribution in [1.82, 2.24) is 0 Å². The summed E-state index contributed by atoms with van der Waals surface area (Å²) in [6.07, 6.45) is 3.41. The van der Waals surface area contributed by atoms with Gasteiger partial charge in [-0.3, -0.25) is 9.59 Å². The molecular weight excluding hydrogens is 344 g/mol. The minimum absolute atomic E-state index is 0.0531. The molecule has 0 amide bonds. The summed E-state index contributed by atoms with van der Waals surface area (Å²) in [4.78, 5) is 30.1. The van der Waals surface area contributed by atoms with Crippen molar-refractivity contribution < 1.29 is 19.1 Å². The van der Waals surface area contributed by atoms with Gasteiger partial charge in [0, 0.05) is 12.8 Å². The maximum atomic E-state index is 12.1. The Morgan fingerprint density at radius 3 is 2.52 bits per heavy atom. The van der Waals surface area contributed by atoms with Crippen LogP contribution in [0.1, 0.15) is 39.5 Å². The quantitative estimate of drug-likeness (QED) is 0.312. The molecule has 6 nitrogen and oxygen atoms in total. The third kappa shape index (κ3) is 6.03. The Kier molecular flexibility index (Phi) is 8.87. The van der Waals surface area contributed by atoms with Gasteiger partial charge in [0.25, 0.3) is 0 Å². The van der Waals surface area contributed by atoms with E-state index in [4.69, 9.17) is 22.6 Å². The summed E-state index contributed by atoms with van der Waals surface area (Å²) in [5.41, 5.74) is 1.40. The summed E-state index contributed by atoms with van der Waals surface area (Å²) >= 11 is 0. The van der Waals surface area contributed by atoms with E-state index in [0.29, 0.717) is 25.9 Å². The Hall–Kier alpha value is -3.00. The van der Waals surface area contributed by atoms with Gasteiger partial charge in [0.1, 0.15) is 5.92 Å². The normalized spacial score (nSPS) is 21.3. The van der Waals surface area contributed by atoms with Crippen molar-refractivity contribution in [3.05, 3.63) is 41.2 Å². The van der Waals surface area contributed by atoms with E-state index in [2.05, 4.69) is 33.8 Å². The van der Waals surface area contributed by atoms with E-state index in [1.807, 2.05) is 0 Å². The van der Waals surface area contributed by atoms with Crippen LogP contribution in [0.2, 0.25) is 0 Å². The van der Waals surface area contributed by atoms with Crippen LogP contribution in [-0.4, -0.2) is 30.8 Å². The molecule has 0 radical (unpaired) electrons. The minimum atomic E-state index is -1.35. The second kappa shape index (κ2) is 10.9. The molecule has 0 unspecified atom stereocenters. The van der Waals surface area contributed by atoms with Crippen LogP contribution in [0.15, 0.2) is 18.4 Å². The third-order valence-corrected chi connectivity index (χ3v) is 4.65. The molecule has 1 rings (SSSR count). The summed E-state index contributed by atoms with van der Waals surface area (Å²) in [6, 6.07) is 0. The second-order valence-electron chi connectivity index (χ2n) is 6.32. The first-order valence-electron chi connectivity index (χ1n) is 8.83. The van der Waals surface area contributed by atoms with Crippen LogP contribution in [0.5, 0.6) is 0 Å². The van der Waals surface area contributed by atoms with Gasteiger partial charge in [-0.2, -0.15) is 0 Å². The van der Waals surface area contributed by atoms with Gasteiger partial charge in [-0.05, 0) is 32.3 Å². The third-order valence-electron chi connectivity index (χ3n) is 4.65. The fourth-order valence-corrected chi connectivity index (χ4v) is 3.37. The molecule has 3 atom stereocenters. The topological polar surface area (TPSA) is 61.3 Å². The highest BCUT2D eigenvalue weighted by molar-refractivity contribution is 5.72. The van der Waals surface area contributed by atoms with Crippen molar-refractivity contribution in [2.24, 2.45) is 17.8 Å². The zero-order valence-corrected chi connectivity index (χ0v) is 15.8. The largest absolute Gasteiger partial charge is 0.496 e. The predicted octanol–water partition coefficient (Wildman–Crippen LogP) is 3.41. The average molecular weight is 368 g/mol. The smallest absolute Gasteiger partial charge is 0.466 e. The SMILES string of the molecule is [C-]#[N+]C(CC#CCOC(C)=O)([N+]#[C-])[C@H]1CC[C@H](C(=O)OCC)C[C@H]1C=C=C. The minimum Gasteiger partial charge on any atom is -0.466 e. The standard InChI is InChI=1S/C21H24N2O4/c1-6-10-17-15-18(20(25)26-7-2)11-12-19(17)21(22-4,23-5)13-8-9-14-27-16(3)24/h10,17-19H,1,7,11-15H2,2-3H3/t17-,18+,19+/m1/s1. The number of rotatable bonds is 6. The molecule has 0 heterocycles. The molecule has 1 aliphatic rings. The van der Waals surface area contributed by atoms with Gasteiger partial charge < -0.3 is 9.47 Å². The van der Waals surface area contributed by atoms with Crippen molar-refractivity contribution >= 4 is 11.9 Å². The maximum Gasteiger partial charge on any atom is 0.496 e. The number of carbonyl (C=O) groups is 2. The molecule has 27 heavy (non-hydrogen) atoms. The number of hydrogen-bond donors (Lipinski definition) is 0. The van der Waals surface area contributed by atoms with E-state index in [1.165, 1.54) is 6.92 Å². The number of hydrogen-bond acceptors (Lipinski definition) is 4. The molecule has 0 saturated heterocycles. The molecule has 0 spiro atoms. The van der Waals surface area contributed by atoms with Crippen LogP contribution in [-0.2, 0) is 19.1 Å². The van der Waals surface area contributed by atoms with Crippen LogP contribution < -0.4 is 0 Å². The molecule has 0 aliphatic heterocycles. The van der Waals surface area contributed by atoms with Crippen molar-refractivity contribution in [2.75, 3.05) is 13.2 Å². The molecular formula is C21H24N2O4. The van der Waals surface area contributed by atoms with E-state index in [1.54, 1.807) is 13.0 Å². The highest BCUT2D eigenvalue weighted by Gasteiger charge is 2.56. The molecule has 1 fully saturated rings. The van der Waals surface area contributed by atoms with Gasteiger partial charge in [-0.15, -0.1) is 5.73 Å². The lowest BCUT2D eigenvalue weighted by molar-refractivity contribution is -0.150. The summed E-state index contributed by atoms with van der Waals surface area (Å²) in [5.74, 6) is 4.10. The Labute approximate surface area is 160 Å². The van der Waals surface area contributed by atoms with E-state index in [-0.39, 0.29) is 36.8 Å². The van der Waals surface area contributed by atoms with Gasteiger partial charge in [-0.25, -0.2) is 22.8 Å².